The molecule has 0 atom stereocenters. The van der Waals surface area contributed by atoms with E-state index in [1.165, 1.54) is 0 Å². The average molecular weight is 764 g/mol. The first-order chi connectivity index (χ1) is 0. The highest BCUT2D eigenvalue weighted by atomic mass is 32.1. The van der Waals surface area contributed by atoms with Gasteiger partial charge in [-0.15, -0.1) is 0 Å². The van der Waals surface area contributed by atoms with Crippen molar-refractivity contribution >= 4 is 283 Å². The van der Waals surface area contributed by atoms with E-state index in [-0.39, 0.29) is 306 Å². The molecule has 0 spiro atoms. The molecule has 0 nitrogen and oxygen atoms in total. The fraction of sp³-hybridized carbons (Fsp3) is 1.00. The summed E-state index contributed by atoms with van der Waals surface area (Å²) in [5.74, 6) is 0. The molecular formula is C3H54S21. The fourth-order valence-electron chi connectivity index (χ4n) is 0. The molecule has 0 unspecified atom stereocenters. The van der Waals surface area contributed by atoms with Gasteiger partial charge in [-0.25, -0.2) is 0 Å². The van der Waals surface area contributed by atoms with Crippen LogP contribution in [0.1, 0.15) is 22.3 Å². The molecule has 192 valence electrons. The molecule has 0 radical (unpaired) electrons. The second kappa shape index (κ2) is 484. The highest BCUT2D eigenvalue weighted by Crippen LogP contribution is 0.668. The Hall–Kier alpha value is 7.35. The molecule has 0 aromatic carbocycles. The molecule has 0 aromatic heterocycles. The van der Waals surface area contributed by atoms with Crippen LogP contribution in [0.4, 0.5) is 0 Å². The van der Waals surface area contributed by atoms with Crippen LogP contribution in [0.15, 0.2) is 0 Å². The summed E-state index contributed by atoms with van der Waals surface area (Å²) in [7, 11) is 0. The van der Waals surface area contributed by atoms with Crippen molar-refractivity contribution in [2.24, 2.45) is 0 Å². The summed E-state index contributed by atoms with van der Waals surface area (Å²) in [5, 5.41) is 0. The predicted molar refractivity (Wildman–Crippen MR) is 238 cm³/mol. The quantitative estimate of drug-likeness (QED) is 0.346. The second-order valence-electron chi connectivity index (χ2n) is 0. The van der Waals surface area contributed by atoms with E-state index in [4.69, 9.17) is 0 Å². The van der Waals surface area contributed by atoms with Gasteiger partial charge in [0.25, 0.3) is 0 Å². The molecule has 0 N–H and O–H groups in total. The molecule has 0 saturated carbocycles. The maximum absolute atomic E-state index is 0. The molecule has 0 aliphatic heterocycles. The largest absolute Gasteiger partial charge is 0.197 e. The lowest BCUT2D eigenvalue weighted by Crippen LogP contribution is 0.143. The van der Waals surface area contributed by atoms with Crippen LogP contribution in [0.5, 0.6) is 0 Å². The van der Waals surface area contributed by atoms with E-state index >= 15 is 0 Å². The molecular weight excluding hydrogens is 709 g/mol. The van der Waals surface area contributed by atoms with E-state index < -0.39 is 0 Å². The molecule has 0 aliphatic carbocycles. The monoisotopic (exact) mass is 762 g/mol. The Kier molecular flexibility index (Phi) is 10800. The highest BCUT2D eigenvalue weighted by Gasteiger charge is -0.0749. The summed E-state index contributed by atoms with van der Waals surface area (Å²) in [6.07, 6.45) is 0. The molecule has 0 aliphatic rings. The Labute approximate surface area is 301 Å². The van der Waals surface area contributed by atoms with Gasteiger partial charge < -0.3 is 0 Å². The standard InChI is InChI=1S/3CH4.21H2S/h3*1H4;21*1H2. The van der Waals surface area contributed by atoms with Gasteiger partial charge in [-0.1, -0.05) is 22.3 Å². The lowest BCUT2D eigenvalue weighted by atomic mass is 12.0. The van der Waals surface area contributed by atoms with E-state index in [0.29, 0.717) is 0 Å². The molecule has 0 saturated heterocycles. The first-order valence-electron chi connectivity index (χ1n) is 0. The molecule has 21 heteroatoms. The van der Waals surface area contributed by atoms with Crippen molar-refractivity contribution < 1.29 is 0 Å². The Morgan fingerprint density at radius 1 is 0.0833 bits per heavy atom. The fourth-order valence-corrected chi connectivity index (χ4v) is 0. The lowest BCUT2D eigenvalue weighted by Gasteiger charge is -0.198. The van der Waals surface area contributed by atoms with Gasteiger partial charge in [0.05, 0.1) is 0 Å². The SMILES string of the molecule is C.C.C.S.S.S.S.S.S.S.S.S.S.S.S.S.S.S.S.S.S.S.S.S. The van der Waals surface area contributed by atoms with E-state index in [9.17, 15) is 0 Å². The Morgan fingerprint density at radius 2 is 0.0833 bits per heavy atom. The zero-order valence-electron chi connectivity index (χ0n) is 10.5. The minimum atomic E-state index is 0. The van der Waals surface area contributed by atoms with Gasteiger partial charge in [-0.05, 0) is 0 Å². The Bertz CT molecular complexity index is 13.0. The smallest absolute Gasteiger partial charge is 0.0776 e. The van der Waals surface area contributed by atoms with Crippen molar-refractivity contribution in [3.63, 3.8) is 0 Å². The maximum Gasteiger partial charge on any atom is -0.0776 e. The van der Waals surface area contributed by atoms with Crippen molar-refractivity contribution in [3.8, 4) is 0 Å². The third kappa shape index (κ3) is 437. The summed E-state index contributed by atoms with van der Waals surface area (Å²) in [5.41, 5.74) is 0. The molecule has 0 heterocycles. The first kappa shape index (κ1) is 535. The summed E-state index contributed by atoms with van der Waals surface area (Å²) < 4.78 is 0. The van der Waals surface area contributed by atoms with Crippen LogP contribution in [0.25, 0.3) is 0 Å². The number of hydrogen-bond donors (Lipinski definition) is 0. The first-order valence-corrected chi connectivity index (χ1v) is 0. The zero-order chi connectivity index (χ0) is 0. The topological polar surface area (TPSA) is 0 Å². The van der Waals surface area contributed by atoms with Crippen molar-refractivity contribution in [1.29, 1.82) is 0 Å². The van der Waals surface area contributed by atoms with Crippen LogP contribution in [0, 0.1) is 0 Å². The van der Waals surface area contributed by atoms with Crippen LogP contribution in [0.3, 0.4) is 0 Å². The van der Waals surface area contributed by atoms with E-state index in [0.717, 1.165) is 0 Å². The summed E-state index contributed by atoms with van der Waals surface area (Å²) in [4.78, 5) is 0. The molecule has 0 aromatic rings. The highest BCUT2D eigenvalue weighted by molar-refractivity contribution is 7.61. The van der Waals surface area contributed by atoms with Gasteiger partial charge in [0.1, 0.15) is 0 Å². The van der Waals surface area contributed by atoms with Crippen LogP contribution < -0.4 is 0 Å². The predicted octanol–water partition coefficient (Wildman–Crippen LogP) is 4.28. The van der Waals surface area contributed by atoms with E-state index in [1.54, 1.807) is 0 Å². The summed E-state index contributed by atoms with van der Waals surface area (Å²) in [6.45, 7) is 0. The Balaban J connectivity index is 0. The summed E-state index contributed by atoms with van der Waals surface area (Å²) >= 11 is 0. The van der Waals surface area contributed by atoms with Gasteiger partial charge in [-0.3, -0.25) is 0 Å². The van der Waals surface area contributed by atoms with Crippen molar-refractivity contribution in [3.05, 3.63) is 0 Å². The minimum Gasteiger partial charge on any atom is -0.197 e. The third-order valence-corrected chi connectivity index (χ3v) is 0. The number of rotatable bonds is 0. The van der Waals surface area contributed by atoms with Crippen LogP contribution in [-0.2, 0) is 0 Å². The van der Waals surface area contributed by atoms with Crippen LogP contribution >= 0.6 is 283 Å². The van der Waals surface area contributed by atoms with Gasteiger partial charge in [0.2, 0.25) is 0 Å². The summed E-state index contributed by atoms with van der Waals surface area (Å²) in [6, 6.07) is 0. The van der Waals surface area contributed by atoms with Crippen molar-refractivity contribution in [2.75, 3.05) is 0 Å². The van der Waals surface area contributed by atoms with Gasteiger partial charge in [0, 0.05) is 0 Å². The molecule has 0 bridgehead atoms. The third-order valence-electron chi connectivity index (χ3n) is 0. The second-order valence-corrected chi connectivity index (χ2v) is 0. The van der Waals surface area contributed by atoms with Gasteiger partial charge >= 0.3 is 0 Å². The van der Waals surface area contributed by atoms with Crippen molar-refractivity contribution in [1.82, 2.24) is 0 Å². The molecule has 0 fully saturated rings. The van der Waals surface area contributed by atoms with Gasteiger partial charge in [-0.2, -0.15) is 283 Å². The Morgan fingerprint density at radius 3 is 0.0833 bits per heavy atom. The van der Waals surface area contributed by atoms with Crippen LogP contribution in [0.2, 0.25) is 0 Å². The molecule has 0 amide bonds. The number of hydrogen-bond acceptors (Lipinski definition) is 0. The van der Waals surface area contributed by atoms with E-state index in [2.05, 4.69) is 0 Å². The minimum absolute atomic E-state index is 0. The van der Waals surface area contributed by atoms with Crippen LogP contribution in [-0.4, -0.2) is 0 Å². The average Bonchev–Trinajstić information content (AvgIpc) is 0. The van der Waals surface area contributed by atoms with E-state index in [1.807, 2.05) is 0 Å². The van der Waals surface area contributed by atoms with Gasteiger partial charge in [0.15, 0.2) is 0 Å². The zero-order valence-corrected chi connectivity index (χ0v) is 31.5. The van der Waals surface area contributed by atoms with Crippen molar-refractivity contribution in [2.45, 2.75) is 22.3 Å². The lowest BCUT2D eigenvalue weighted by molar-refractivity contribution is 2.50. The normalized spacial score (nSPS) is 0. The maximum atomic E-state index is 0. The molecule has 24 heavy (non-hydrogen) atoms. The molecule has 0 rings (SSSR count).